The van der Waals surface area contributed by atoms with Gasteiger partial charge >= 0.3 is 6.03 Å². The number of hydrogen-bond acceptors (Lipinski definition) is 7. The first-order valence-electron chi connectivity index (χ1n) is 5.98. The number of nitrogens with zero attached hydrogens (tertiary/aromatic N) is 1. The van der Waals surface area contributed by atoms with Crippen LogP contribution < -0.4 is 5.32 Å². The van der Waals surface area contributed by atoms with Gasteiger partial charge in [-0.15, -0.1) is 0 Å². The Balaban J connectivity index is 2.10. The molecule has 2 saturated heterocycles. The first-order chi connectivity index (χ1) is 8.99. The number of ether oxygens (including phenoxy) is 1. The molecule has 0 radical (unpaired) electrons. The molecule has 6 N–H and O–H groups in total. The largest absolute Gasteiger partial charge is 0.396 e. The molecule has 2 aliphatic rings. The number of urea groups is 1. The molecule has 110 valence electrons. The van der Waals surface area contributed by atoms with Crippen molar-refractivity contribution in [1.29, 1.82) is 0 Å². The van der Waals surface area contributed by atoms with Crippen LogP contribution in [0.25, 0.3) is 0 Å². The molecular formula is C10H18N2O7. The van der Waals surface area contributed by atoms with E-state index in [1.54, 1.807) is 0 Å². The fraction of sp³-hybridized carbons (Fsp3) is 0.900. The standard InChI is InChI=1S/C10H18N2O7/c13-2-4-1-12(10(18)11-8(4)17)9-7(16)6(15)5(3-14)19-9/h4-9,13-17H,1-3H2,(H,11,18)/t4?,5-,6-,7-,8?,9-/m1/s1. The zero-order valence-electron chi connectivity index (χ0n) is 10.1. The maximum Gasteiger partial charge on any atom is 0.321 e. The van der Waals surface area contributed by atoms with E-state index >= 15 is 0 Å². The highest BCUT2D eigenvalue weighted by molar-refractivity contribution is 5.75. The zero-order valence-corrected chi connectivity index (χ0v) is 10.1. The van der Waals surface area contributed by atoms with Crippen molar-refractivity contribution in [2.24, 2.45) is 5.92 Å². The molecule has 2 unspecified atom stereocenters. The van der Waals surface area contributed by atoms with E-state index in [4.69, 9.17) is 14.9 Å². The van der Waals surface area contributed by atoms with Gasteiger partial charge in [0.25, 0.3) is 0 Å². The van der Waals surface area contributed by atoms with E-state index in [9.17, 15) is 20.1 Å². The third-order valence-corrected chi connectivity index (χ3v) is 3.47. The molecule has 0 saturated carbocycles. The van der Waals surface area contributed by atoms with Crippen molar-refractivity contribution in [2.75, 3.05) is 19.8 Å². The number of aliphatic hydroxyl groups excluding tert-OH is 5. The Bertz CT molecular complexity index is 342. The number of hydrogen-bond donors (Lipinski definition) is 6. The molecule has 19 heavy (non-hydrogen) atoms. The summed E-state index contributed by atoms with van der Waals surface area (Å²) in [5, 5.41) is 49.3. The Morgan fingerprint density at radius 1 is 1.21 bits per heavy atom. The van der Waals surface area contributed by atoms with E-state index in [1.807, 2.05) is 0 Å². The van der Waals surface area contributed by atoms with Crippen LogP contribution in [0.4, 0.5) is 4.79 Å². The lowest BCUT2D eigenvalue weighted by Crippen LogP contribution is -2.62. The van der Waals surface area contributed by atoms with Gasteiger partial charge in [-0.3, -0.25) is 4.90 Å². The summed E-state index contributed by atoms with van der Waals surface area (Å²) in [6, 6.07) is -0.674. The van der Waals surface area contributed by atoms with Crippen molar-refractivity contribution in [3.05, 3.63) is 0 Å². The fourth-order valence-corrected chi connectivity index (χ4v) is 2.28. The van der Waals surface area contributed by atoms with Gasteiger partial charge in [-0.2, -0.15) is 0 Å². The molecule has 0 aromatic rings. The quantitative estimate of drug-likeness (QED) is 0.313. The van der Waals surface area contributed by atoms with Gasteiger partial charge in [0.15, 0.2) is 6.23 Å². The summed E-state index contributed by atoms with van der Waals surface area (Å²) in [4.78, 5) is 12.8. The summed E-state index contributed by atoms with van der Waals surface area (Å²) < 4.78 is 5.22. The smallest absolute Gasteiger partial charge is 0.321 e. The minimum absolute atomic E-state index is 0.0317. The van der Waals surface area contributed by atoms with Crippen molar-refractivity contribution < 1.29 is 35.1 Å². The molecule has 2 amide bonds. The Morgan fingerprint density at radius 3 is 2.42 bits per heavy atom. The van der Waals surface area contributed by atoms with Crippen LogP contribution in [-0.4, -0.2) is 87.0 Å². The molecule has 2 heterocycles. The van der Waals surface area contributed by atoms with Gasteiger partial charge in [-0.1, -0.05) is 0 Å². The Morgan fingerprint density at radius 2 is 1.89 bits per heavy atom. The molecule has 9 nitrogen and oxygen atoms in total. The average molecular weight is 278 g/mol. The number of aliphatic hydroxyl groups is 5. The second-order valence-corrected chi connectivity index (χ2v) is 4.72. The second-order valence-electron chi connectivity index (χ2n) is 4.72. The Kier molecular flexibility index (Phi) is 4.23. The molecule has 6 atom stereocenters. The van der Waals surface area contributed by atoms with Gasteiger partial charge in [0.1, 0.15) is 24.5 Å². The fourth-order valence-electron chi connectivity index (χ4n) is 2.28. The first kappa shape index (κ1) is 14.4. The van der Waals surface area contributed by atoms with Crippen LogP contribution in [0.3, 0.4) is 0 Å². The molecular weight excluding hydrogens is 260 g/mol. The van der Waals surface area contributed by atoms with E-state index in [0.29, 0.717) is 0 Å². The molecule has 0 aliphatic carbocycles. The predicted molar refractivity (Wildman–Crippen MR) is 59.6 cm³/mol. The summed E-state index contributed by atoms with van der Waals surface area (Å²) in [7, 11) is 0. The van der Waals surface area contributed by atoms with Crippen LogP contribution in [0.15, 0.2) is 0 Å². The minimum Gasteiger partial charge on any atom is -0.396 e. The highest BCUT2D eigenvalue weighted by Crippen LogP contribution is 2.26. The maximum absolute atomic E-state index is 11.7. The summed E-state index contributed by atoms with van der Waals surface area (Å²) in [6.45, 7) is -0.876. The number of carbonyl (C=O) groups is 1. The average Bonchev–Trinajstić information content (AvgIpc) is 2.67. The summed E-state index contributed by atoms with van der Waals surface area (Å²) in [5.74, 6) is -0.626. The zero-order chi connectivity index (χ0) is 14.2. The molecule has 0 bridgehead atoms. The van der Waals surface area contributed by atoms with Crippen LogP contribution in [0, 0.1) is 5.92 Å². The van der Waals surface area contributed by atoms with Crippen LogP contribution in [-0.2, 0) is 4.74 Å². The second kappa shape index (κ2) is 5.57. The molecule has 0 aromatic heterocycles. The highest BCUT2D eigenvalue weighted by Gasteiger charge is 2.48. The highest BCUT2D eigenvalue weighted by atomic mass is 16.6. The summed E-state index contributed by atoms with van der Waals surface area (Å²) in [6.07, 6.45) is -5.95. The molecule has 0 spiro atoms. The maximum atomic E-state index is 11.7. The van der Waals surface area contributed by atoms with E-state index in [0.717, 1.165) is 4.90 Å². The van der Waals surface area contributed by atoms with Crippen molar-refractivity contribution in [3.8, 4) is 0 Å². The topological polar surface area (TPSA) is 143 Å². The van der Waals surface area contributed by atoms with Gasteiger partial charge in [0.05, 0.1) is 13.2 Å². The van der Waals surface area contributed by atoms with Gasteiger partial charge in [0, 0.05) is 12.5 Å². The number of rotatable bonds is 3. The van der Waals surface area contributed by atoms with Gasteiger partial charge in [-0.05, 0) is 0 Å². The third-order valence-electron chi connectivity index (χ3n) is 3.47. The number of carbonyl (C=O) groups excluding carboxylic acids is 1. The predicted octanol–water partition coefficient (Wildman–Crippen LogP) is -3.62. The lowest BCUT2D eigenvalue weighted by Gasteiger charge is -2.39. The SMILES string of the molecule is O=C1NC(O)C(CO)CN1[C@@H]1O[C@H](CO)[C@@H](O)[C@H]1O. The van der Waals surface area contributed by atoms with Crippen LogP contribution in [0.1, 0.15) is 0 Å². The monoisotopic (exact) mass is 278 g/mol. The Hall–Kier alpha value is -0.970. The Labute approximate surface area is 109 Å². The van der Waals surface area contributed by atoms with E-state index in [-0.39, 0.29) is 13.2 Å². The summed E-state index contributed by atoms with van der Waals surface area (Å²) >= 11 is 0. The lowest BCUT2D eigenvalue weighted by atomic mass is 10.0. The molecule has 0 aromatic carbocycles. The molecule has 2 aliphatic heterocycles. The third kappa shape index (κ3) is 2.53. The van der Waals surface area contributed by atoms with Gasteiger partial charge in [-0.25, -0.2) is 4.79 Å². The molecule has 2 fully saturated rings. The van der Waals surface area contributed by atoms with Crippen molar-refractivity contribution in [3.63, 3.8) is 0 Å². The minimum atomic E-state index is -1.36. The summed E-state index contributed by atoms with van der Waals surface area (Å²) in [5.41, 5.74) is 0. The first-order valence-corrected chi connectivity index (χ1v) is 5.98. The van der Waals surface area contributed by atoms with Crippen molar-refractivity contribution in [1.82, 2.24) is 10.2 Å². The van der Waals surface area contributed by atoms with Crippen LogP contribution in [0.2, 0.25) is 0 Å². The lowest BCUT2D eigenvalue weighted by molar-refractivity contribution is -0.103. The van der Waals surface area contributed by atoms with Gasteiger partial charge in [0.2, 0.25) is 0 Å². The van der Waals surface area contributed by atoms with Crippen molar-refractivity contribution in [2.45, 2.75) is 30.8 Å². The number of amides is 2. The number of nitrogens with one attached hydrogen (secondary N) is 1. The van der Waals surface area contributed by atoms with E-state index < -0.39 is 49.3 Å². The van der Waals surface area contributed by atoms with Crippen LogP contribution >= 0.6 is 0 Å². The molecule has 9 heteroatoms. The molecule has 2 rings (SSSR count). The van der Waals surface area contributed by atoms with Gasteiger partial charge < -0.3 is 35.6 Å². The van der Waals surface area contributed by atoms with E-state index in [2.05, 4.69) is 5.32 Å². The van der Waals surface area contributed by atoms with E-state index in [1.165, 1.54) is 0 Å². The van der Waals surface area contributed by atoms with Crippen molar-refractivity contribution >= 4 is 6.03 Å². The normalized spacial score (nSPS) is 43.4. The van der Waals surface area contributed by atoms with Crippen LogP contribution in [0.5, 0.6) is 0 Å².